The van der Waals surface area contributed by atoms with Gasteiger partial charge in [-0.1, -0.05) is 6.07 Å². The maximum absolute atomic E-state index is 5.34. The molecule has 1 aliphatic rings. The highest BCUT2D eigenvalue weighted by Crippen LogP contribution is 2.39. The van der Waals surface area contributed by atoms with E-state index in [-0.39, 0.29) is 6.79 Å². The molecular weight excluding hydrogens is 310 g/mol. The summed E-state index contributed by atoms with van der Waals surface area (Å²) >= 11 is 3.44. The number of nitrogens with one attached hydrogen (secondary N) is 1. The molecular formula is C13H10BrN3O2. The smallest absolute Gasteiger partial charge is 0.231 e. The summed E-state index contributed by atoms with van der Waals surface area (Å²) in [6.45, 7) is 0.251. The van der Waals surface area contributed by atoms with Crippen molar-refractivity contribution in [2.45, 2.75) is 0 Å². The van der Waals surface area contributed by atoms with E-state index < -0.39 is 0 Å². The monoisotopic (exact) mass is 319 g/mol. The first-order valence-corrected chi connectivity index (χ1v) is 6.41. The van der Waals surface area contributed by atoms with Gasteiger partial charge in [0.05, 0.1) is 10.7 Å². The molecule has 1 N–H and O–H groups in total. The van der Waals surface area contributed by atoms with Crippen LogP contribution >= 0.6 is 15.9 Å². The average Bonchev–Trinajstić information content (AvgIpc) is 2.89. The Morgan fingerprint density at radius 2 is 2.26 bits per heavy atom. The molecule has 0 atom stereocenters. The van der Waals surface area contributed by atoms with Crippen molar-refractivity contribution in [3.05, 3.63) is 46.6 Å². The largest absolute Gasteiger partial charge is 0.454 e. The van der Waals surface area contributed by atoms with E-state index in [4.69, 9.17) is 9.47 Å². The van der Waals surface area contributed by atoms with Crippen molar-refractivity contribution in [3.8, 4) is 11.5 Å². The summed E-state index contributed by atoms with van der Waals surface area (Å²) in [5.41, 5.74) is 3.75. The highest BCUT2D eigenvalue weighted by atomic mass is 79.9. The molecule has 1 aliphatic heterocycles. The van der Waals surface area contributed by atoms with Gasteiger partial charge in [0.25, 0.3) is 0 Å². The lowest BCUT2D eigenvalue weighted by molar-refractivity contribution is 0.173. The Balaban J connectivity index is 1.75. The van der Waals surface area contributed by atoms with Crippen LogP contribution in [0.1, 0.15) is 5.56 Å². The molecule has 0 saturated carbocycles. The fourth-order valence-corrected chi connectivity index (χ4v) is 2.24. The van der Waals surface area contributed by atoms with Crippen molar-refractivity contribution in [2.24, 2.45) is 5.10 Å². The molecule has 0 aliphatic carbocycles. The number of hydrogen-bond donors (Lipinski definition) is 1. The van der Waals surface area contributed by atoms with Crippen LogP contribution in [0.2, 0.25) is 0 Å². The van der Waals surface area contributed by atoms with Gasteiger partial charge in [-0.2, -0.15) is 5.10 Å². The Morgan fingerprint density at radius 3 is 3.11 bits per heavy atom. The molecule has 6 heteroatoms. The second-order valence-electron chi connectivity index (χ2n) is 3.82. The third kappa shape index (κ3) is 2.68. The van der Waals surface area contributed by atoms with Crippen molar-refractivity contribution < 1.29 is 9.47 Å². The summed E-state index contributed by atoms with van der Waals surface area (Å²) in [5.74, 6) is 2.14. The molecule has 0 spiro atoms. The molecule has 0 bridgehead atoms. The van der Waals surface area contributed by atoms with Crippen molar-refractivity contribution in [3.63, 3.8) is 0 Å². The van der Waals surface area contributed by atoms with Gasteiger partial charge in [-0.15, -0.1) is 0 Å². The van der Waals surface area contributed by atoms with Crippen LogP contribution in [-0.2, 0) is 0 Å². The van der Waals surface area contributed by atoms with Crippen LogP contribution in [0.4, 0.5) is 5.82 Å². The quantitative estimate of drug-likeness (QED) is 0.698. The summed E-state index contributed by atoms with van der Waals surface area (Å²) in [7, 11) is 0. The maximum Gasteiger partial charge on any atom is 0.231 e. The van der Waals surface area contributed by atoms with Crippen LogP contribution in [0.3, 0.4) is 0 Å². The Morgan fingerprint density at radius 1 is 1.32 bits per heavy atom. The molecule has 1 aromatic heterocycles. The zero-order valence-corrected chi connectivity index (χ0v) is 11.4. The molecule has 0 saturated heterocycles. The summed E-state index contributed by atoms with van der Waals surface area (Å²) in [4.78, 5) is 4.11. The average molecular weight is 320 g/mol. The summed E-state index contributed by atoms with van der Waals surface area (Å²) in [6.07, 6.45) is 3.40. The fraction of sp³-hybridized carbons (Fsp3) is 0.0769. The third-order valence-electron chi connectivity index (χ3n) is 2.51. The Kier molecular flexibility index (Phi) is 3.33. The minimum absolute atomic E-state index is 0.251. The molecule has 96 valence electrons. The molecule has 3 rings (SSSR count). The van der Waals surface area contributed by atoms with Gasteiger partial charge in [0, 0.05) is 6.20 Å². The summed E-state index contributed by atoms with van der Waals surface area (Å²) in [5, 5.41) is 4.12. The molecule has 5 nitrogen and oxygen atoms in total. The van der Waals surface area contributed by atoms with Crippen molar-refractivity contribution in [2.75, 3.05) is 12.2 Å². The molecule has 0 amide bonds. The minimum Gasteiger partial charge on any atom is -0.454 e. The lowest BCUT2D eigenvalue weighted by Crippen LogP contribution is -1.93. The third-order valence-corrected chi connectivity index (χ3v) is 3.10. The van der Waals surface area contributed by atoms with E-state index in [0.29, 0.717) is 11.6 Å². The van der Waals surface area contributed by atoms with Gasteiger partial charge in [-0.25, -0.2) is 4.98 Å². The lowest BCUT2D eigenvalue weighted by atomic mass is 10.2. The van der Waals surface area contributed by atoms with Gasteiger partial charge in [0.1, 0.15) is 5.82 Å². The van der Waals surface area contributed by atoms with Crippen LogP contribution in [0.15, 0.2) is 46.1 Å². The van der Waals surface area contributed by atoms with E-state index in [0.717, 1.165) is 15.8 Å². The van der Waals surface area contributed by atoms with Crippen LogP contribution in [0.5, 0.6) is 11.5 Å². The first kappa shape index (κ1) is 12.0. The van der Waals surface area contributed by atoms with E-state index in [1.54, 1.807) is 12.4 Å². The topological polar surface area (TPSA) is 55.7 Å². The zero-order chi connectivity index (χ0) is 13.1. The zero-order valence-electron chi connectivity index (χ0n) is 9.84. The van der Waals surface area contributed by atoms with Gasteiger partial charge < -0.3 is 9.47 Å². The first-order valence-electron chi connectivity index (χ1n) is 5.62. The van der Waals surface area contributed by atoms with Gasteiger partial charge in [-0.05, 0) is 45.8 Å². The number of hydrazone groups is 1. The number of pyridine rings is 1. The molecule has 2 aromatic rings. The number of ether oxygens (including phenoxy) is 2. The Bertz CT molecular complexity index is 617. The van der Waals surface area contributed by atoms with Crippen LogP contribution in [0, 0.1) is 0 Å². The van der Waals surface area contributed by atoms with Gasteiger partial charge in [0.2, 0.25) is 6.79 Å². The number of rotatable bonds is 3. The number of nitrogens with zero attached hydrogens (tertiary/aromatic N) is 2. The molecule has 0 unspecified atom stereocenters. The molecule has 0 fully saturated rings. The Hall–Kier alpha value is -2.08. The second kappa shape index (κ2) is 5.27. The number of aromatic nitrogens is 1. The highest BCUT2D eigenvalue weighted by molar-refractivity contribution is 9.10. The van der Waals surface area contributed by atoms with E-state index >= 15 is 0 Å². The predicted octanol–water partition coefficient (Wildman–Crippen LogP) is 3.02. The fourth-order valence-electron chi connectivity index (χ4n) is 1.66. The molecule has 2 heterocycles. The van der Waals surface area contributed by atoms with Gasteiger partial charge in [0.15, 0.2) is 11.5 Å². The standard InChI is InChI=1S/C13H10BrN3O2/c14-10-5-9(6-11-13(10)19-8-18-11)7-16-17-12-3-1-2-4-15-12/h1-7H,8H2,(H,15,17)/b16-7-. The maximum atomic E-state index is 5.34. The van der Waals surface area contributed by atoms with E-state index in [9.17, 15) is 0 Å². The molecule has 19 heavy (non-hydrogen) atoms. The van der Waals surface area contributed by atoms with Gasteiger partial charge in [-0.3, -0.25) is 5.43 Å². The van der Waals surface area contributed by atoms with Crippen LogP contribution in [-0.4, -0.2) is 18.0 Å². The number of fused-ring (bicyclic) bond motifs is 1. The van der Waals surface area contributed by atoms with Crippen molar-refractivity contribution >= 4 is 28.0 Å². The number of hydrogen-bond acceptors (Lipinski definition) is 5. The first-order chi connectivity index (χ1) is 9.33. The lowest BCUT2D eigenvalue weighted by Gasteiger charge is -2.01. The number of anilines is 1. The second-order valence-corrected chi connectivity index (χ2v) is 4.68. The summed E-state index contributed by atoms with van der Waals surface area (Å²) in [6, 6.07) is 9.37. The predicted molar refractivity (Wildman–Crippen MR) is 75.7 cm³/mol. The number of benzene rings is 1. The van der Waals surface area contributed by atoms with E-state index in [1.807, 2.05) is 30.3 Å². The molecule has 0 radical (unpaired) electrons. The van der Waals surface area contributed by atoms with Crippen LogP contribution in [0.25, 0.3) is 0 Å². The van der Waals surface area contributed by atoms with Gasteiger partial charge >= 0.3 is 0 Å². The Labute approximate surface area is 118 Å². The van der Waals surface area contributed by atoms with E-state index in [2.05, 4.69) is 31.4 Å². The SMILES string of the molecule is Brc1cc(/C=N\Nc2ccccn2)cc2c1OCO2. The molecule has 1 aromatic carbocycles. The van der Waals surface area contributed by atoms with E-state index in [1.165, 1.54) is 0 Å². The van der Waals surface area contributed by atoms with Crippen molar-refractivity contribution in [1.82, 2.24) is 4.98 Å². The van der Waals surface area contributed by atoms with Crippen molar-refractivity contribution in [1.29, 1.82) is 0 Å². The normalized spacial score (nSPS) is 12.9. The van der Waals surface area contributed by atoms with Crippen LogP contribution < -0.4 is 14.9 Å². The number of halogens is 1. The highest BCUT2D eigenvalue weighted by Gasteiger charge is 2.17. The minimum atomic E-state index is 0.251. The summed E-state index contributed by atoms with van der Waals surface area (Å²) < 4.78 is 11.5.